The monoisotopic (exact) mass is 416 g/mol. The Morgan fingerprint density at radius 1 is 1.23 bits per heavy atom. The summed E-state index contributed by atoms with van der Waals surface area (Å²) in [5, 5.41) is 15.1. The zero-order valence-corrected chi connectivity index (χ0v) is 15.6. The van der Waals surface area contributed by atoms with Crippen molar-refractivity contribution < 1.29 is 19.4 Å². The molecule has 1 aromatic carbocycles. The molecule has 0 radical (unpaired) electrons. The number of carbonyl (C=O) groups excluding carboxylic acids is 2. The minimum absolute atomic E-state index is 0.00936. The molecule has 4 aliphatic rings. The summed E-state index contributed by atoms with van der Waals surface area (Å²) in [5.41, 5.74) is 0.801. The van der Waals surface area contributed by atoms with Gasteiger partial charge < -0.3 is 9.84 Å². The summed E-state index contributed by atoms with van der Waals surface area (Å²) in [6.45, 7) is 0. The highest BCUT2D eigenvalue weighted by molar-refractivity contribution is 9.10. The number of fused-ring (bicyclic) bond motifs is 3. The Balaban J connectivity index is 1.43. The summed E-state index contributed by atoms with van der Waals surface area (Å²) >= 11 is 3.25. The Bertz CT molecular complexity index is 871. The smallest absolute Gasteiger partial charge is 0.254 e. The van der Waals surface area contributed by atoms with Crippen LogP contribution < -0.4 is 4.74 Å². The highest BCUT2D eigenvalue weighted by Gasteiger charge is 2.73. The van der Waals surface area contributed by atoms with Crippen molar-refractivity contribution >= 4 is 34.0 Å². The van der Waals surface area contributed by atoms with Crippen molar-refractivity contribution in [2.45, 2.75) is 12.8 Å². The maximum Gasteiger partial charge on any atom is 0.254 e. The first kappa shape index (κ1) is 16.1. The average Bonchev–Trinajstić information content (AvgIpc) is 3.23. The zero-order valence-electron chi connectivity index (χ0n) is 14.1. The number of ether oxygens (including phenoxy) is 1. The fraction of sp³-hybridized carbons (Fsp3) is 0.421. The van der Waals surface area contributed by atoms with Crippen LogP contribution in [0.1, 0.15) is 18.4 Å². The second-order valence-electron chi connectivity index (χ2n) is 7.51. The van der Waals surface area contributed by atoms with Crippen molar-refractivity contribution in [1.82, 2.24) is 5.01 Å². The Morgan fingerprint density at radius 3 is 2.38 bits per heavy atom. The molecule has 7 heteroatoms. The van der Waals surface area contributed by atoms with Gasteiger partial charge in [0.2, 0.25) is 0 Å². The Labute approximate surface area is 158 Å². The average molecular weight is 417 g/mol. The van der Waals surface area contributed by atoms with E-state index in [1.807, 2.05) is 0 Å². The number of hydrogen-bond acceptors (Lipinski definition) is 5. The van der Waals surface area contributed by atoms with Gasteiger partial charge >= 0.3 is 0 Å². The number of phenols is 1. The second kappa shape index (κ2) is 5.19. The van der Waals surface area contributed by atoms with Gasteiger partial charge in [0, 0.05) is 0 Å². The molecular formula is C19H17BrN2O4. The van der Waals surface area contributed by atoms with Crippen LogP contribution in [0.15, 0.2) is 33.9 Å². The number of methoxy groups -OCH3 is 1. The number of allylic oxidation sites excluding steroid dienone is 2. The first-order chi connectivity index (χ1) is 12.5. The van der Waals surface area contributed by atoms with E-state index in [0.717, 1.165) is 17.9 Å². The number of rotatable bonds is 3. The van der Waals surface area contributed by atoms with Gasteiger partial charge in [-0.3, -0.25) is 9.59 Å². The summed E-state index contributed by atoms with van der Waals surface area (Å²) < 4.78 is 5.56. The van der Waals surface area contributed by atoms with E-state index in [1.54, 1.807) is 12.1 Å². The normalized spacial score (nSPS) is 32.9. The van der Waals surface area contributed by atoms with E-state index < -0.39 is 0 Å². The number of aromatic hydroxyl groups is 1. The number of halogens is 1. The molecule has 6 nitrogen and oxygen atoms in total. The highest BCUT2D eigenvalue weighted by Crippen LogP contribution is 2.73. The van der Waals surface area contributed by atoms with Crippen LogP contribution in [0.5, 0.6) is 11.5 Å². The molecule has 4 atom stereocenters. The molecule has 2 bridgehead atoms. The van der Waals surface area contributed by atoms with E-state index in [0.29, 0.717) is 10.0 Å². The molecule has 0 aromatic heterocycles. The van der Waals surface area contributed by atoms with E-state index in [-0.39, 0.29) is 52.4 Å². The summed E-state index contributed by atoms with van der Waals surface area (Å²) in [6, 6.07) is 3.25. The number of imide groups is 1. The van der Waals surface area contributed by atoms with Crippen LogP contribution in [0.4, 0.5) is 0 Å². The van der Waals surface area contributed by atoms with Crippen LogP contribution >= 0.6 is 15.9 Å². The Morgan fingerprint density at radius 2 is 1.85 bits per heavy atom. The minimum atomic E-state index is -0.252. The molecule has 1 spiro atoms. The molecule has 2 saturated carbocycles. The predicted octanol–water partition coefficient (Wildman–Crippen LogP) is 2.69. The summed E-state index contributed by atoms with van der Waals surface area (Å²) in [7, 11) is 1.45. The molecule has 3 aliphatic carbocycles. The largest absolute Gasteiger partial charge is 0.503 e. The van der Waals surface area contributed by atoms with Crippen molar-refractivity contribution in [3.8, 4) is 11.5 Å². The first-order valence-electron chi connectivity index (χ1n) is 8.64. The molecule has 26 heavy (non-hydrogen) atoms. The molecule has 2 amide bonds. The minimum Gasteiger partial charge on any atom is -0.503 e. The SMILES string of the molecule is COc1cc(/C=N\N2C(=O)[C@@H]3[C@H](C2=O)[C@H]2C=C[C@H]3C23CC3)cc(Br)c1O. The van der Waals surface area contributed by atoms with Crippen molar-refractivity contribution in [3.05, 3.63) is 34.3 Å². The van der Waals surface area contributed by atoms with Crippen LogP contribution in [-0.4, -0.2) is 35.3 Å². The standard InChI is InChI=1S/C19H17BrN2O4/c1-26-13-7-9(6-12(20)16(13)23)8-21-22-17(24)14-10-2-3-11(15(14)18(22)25)19(10)4-5-19/h2-3,6-8,10-11,14-15,23H,4-5H2,1H3/b21-8-/t10-,11-,14-,15+/m1/s1. The molecular weight excluding hydrogens is 400 g/mol. The van der Waals surface area contributed by atoms with Crippen molar-refractivity contribution in [2.75, 3.05) is 7.11 Å². The summed E-state index contributed by atoms with van der Waals surface area (Å²) in [5.74, 6) is -0.224. The second-order valence-corrected chi connectivity index (χ2v) is 8.36. The lowest BCUT2D eigenvalue weighted by Gasteiger charge is -2.18. The van der Waals surface area contributed by atoms with Gasteiger partial charge in [0.05, 0.1) is 29.6 Å². The van der Waals surface area contributed by atoms with Crippen molar-refractivity contribution in [2.24, 2.45) is 34.2 Å². The maximum absolute atomic E-state index is 12.9. The van der Waals surface area contributed by atoms with Gasteiger partial charge in [-0.2, -0.15) is 10.1 Å². The van der Waals surface area contributed by atoms with E-state index in [9.17, 15) is 14.7 Å². The van der Waals surface area contributed by atoms with Crippen LogP contribution in [0.2, 0.25) is 0 Å². The molecule has 3 fully saturated rings. The van der Waals surface area contributed by atoms with Gasteiger partial charge in [0.25, 0.3) is 11.8 Å². The van der Waals surface area contributed by atoms with Crippen LogP contribution in [-0.2, 0) is 9.59 Å². The van der Waals surface area contributed by atoms with Gasteiger partial charge in [-0.15, -0.1) is 0 Å². The summed E-state index contributed by atoms with van der Waals surface area (Å²) in [6.07, 6.45) is 7.96. The third-order valence-corrected chi connectivity index (χ3v) is 7.03. The fourth-order valence-corrected chi connectivity index (χ4v) is 5.58. The summed E-state index contributed by atoms with van der Waals surface area (Å²) in [4.78, 5) is 25.7. The van der Waals surface area contributed by atoms with E-state index in [1.165, 1.54) is 13.3 Å². The zero-order chi connectivity index (χ0) is 18.2. The van der Waals surface area contributed by atoms with Crippen LogP contribution in [0, 0.1) is 29.1 Å². The molecule has 5 rings (SSSR count). The first-order valence-corrected chi connectivity index (χ1v) is 9.44. The molecule has 1 saturated heterocycles. The molecule has 1 heterocycles. The van der Waals surface area contributed by atoms with Gasteiger partial charge in [-0.05, 0) is 63.7 Å². The number of phenolic OH excluding ortho intramolecular Hbond substituents is 1. The van der Waals surface area contributed by atoms with Crippen LogP contribution in [0.25, 0.3) is 0 Å². The van der Waals surface area contributed by atoms with Gasteiger partial charge in [0.1, 0.15) is 0 Å². The Kier molecular flexibility index (Phi) is 3.20. The molecule has 0 unspecified atom stereocenters. The number of hydrazone groups is 1. The highest BCUT2D eigenvalue weighted by atomic mass is 79.9. The van der Waals surface area contributed by atoms with Gasteiger partial charge in [0.15, 0.2) is 11.5 Å². The predicted molar refractivity (Wildman–Crippen MR) is 96.6 cm³/mol. The van der Waals surface area contributed by atoms with E-state index >= 15 is 0 Å². The molecule has 1 aliphatic heterocycles. The number of amides is 2. The number of benzene rings is 1. The molecule has 134 valence electrons. The lowest BCUT2D eigenvalue weighted by atomic mass is 9.85. The fourth-order valence-electron chi connectivity index (χ4n) is 5.12. The molecule has 1 aromatic rings. The third kappa shape index (κ3) is 1.89. The lowest BCUT2D eigenvalue weighted by molar-refractivity contribution is -0.141. The lowest BCUT2D eigenvalue weighted by Crippen LogP contribution is -2.30. The number of nitrogens with zero attached hydrogens (tertiary/aromatic N) is 2. The van der Waals surface area contributed by atoms with Crippen molar-refractivity contribution in [1.29, 1.82) is 0 Å². The topological polar surface area (TPSA) is 79.2 Å². The molecule has 1 N–H and O–H groups in total. The number of carbonyl (C=O) groups is 2. The van der Waals surface area contributed by atoms with Gasteiger partial charge in [-0.1, -0.05) is 12.2 Å². The quantitative estimate of drug-likeness (QED) is 0.466. The maximum atomic E-state index is 12.9. The van der Waals surface area contributed by atoms with Gasteiger partial charge in [-0.25, -0.2) is 0 Å². The third-order valence-electron chi connectivity index (χ3n) is 6.42. The number of hydrogen-bond donors (Lipinski definition) is 1. The van der Waals surface area contributed by atoms with E-state index in [4.69, 9.17) is 4.74 Å². The van der Waals surface area contributed by atoms with Crippen molar-refractivity contribution in [3.63, 3.8) is 0 Å². The Hall–Kier alpha value is -2.15. The van der Waals surface area contributed by atoms with E-state index in [2.05, 4.69) is 33.2 Å². The van der Waals surface area contributed by atoms with Crippen LogP contribution in [0.3, 0.4) is 0 Å².